The van der Waals surface area contributed by atoms with Crippen molar-refractivity contribution in [1.82, 2.24) is 24.9 Å². The third-order valence-corrected chi connectivity index (χ3v) is 5.99. The van der Waals surface area contributed by atoms with Gasteiger partial charge in [-0.1, -0.05) is 0 Å². The summed E-state index contributed by atoms with van der Waals surface area (Å²) >= 11 is 0. The summed E-state index contributed by atoms with van der Waals surface area (Å²) in [5, 5.41) is 3.45. The molecule has 2 saturated heterocycles. The van der Waals surface area contributed by atoms with Gasteiger partial charge >= 0.3 is 0 Å². The highest BCUT2D eigenvalue weighted by Crippen LogP contribution is 2.10. The summed E-state index contributed by atoms with van der Waals surface area (Å²) in [5.41, 5.74) is 0. The van der Waals surface area contributed by atoms with Crippen molar-refractivity contribution < 1.29 is 4.79 Å². The van der Waals surface area contributed by atoms with Gasteiger partial charge in [0, 0.05) is 71.0 Å². The molecule has 0 radical (unpaired) electrons. The Bertz CT molecular complexity index is 499. The predicted molar refractivity (Wildman–Crippen MR) is 121 cm³/mol. The first-order chi connectivity index (χ1) is 13.9. The first kappa shape index (κ1) is 23.9. The van der Waals surface area contributed by atoms with Crippen LogP contribution in [0.5, 0.6) is 0 Å². The standard InChI is InChI=1S/C22H44N6O/c1-6-23-22(24-10-9-13-28(19(2)3)20(4)5)27-16-14-25(15-17-27)18-21(29)26-11-7-8-12-26/h19-20H,6-18H2,1-5H3,(H,23,24). The van der Waals surface area contributed by atoms with Gasteiger partial charge in [0.15, 0.2) is 5.96 Å². The lowest BCUT2D eigenvalue weighted by Crippen LogP contribution is -2.54. The summed E-state index contributed by atoms with van der Waals surface area (Å²) in [4.78, 5) is 26.5. The van der Waals surface area contributed by atoms with Crippen molar-refractivity contribution in [3.8, 4) is 0 Å². The average molecular weight is 409 g/mol. The van der Waals surface area contributed by atoms with Crippen LogP contribution in [0.1, 0.15) is 53.9 Å². The molecule has 0 unspecified atom stereocenters. The molecule has 0 spiro atoms. The monoisotopic (exact) mass is 408 g/mol. The van der Waals surface area contributed by atoms with E-state index in [0.717, 1.165) is 84.1 Å². The van der Waals surface area contributed by atoms with Gasteiger partial charge in [0.2, 0.25) is 5.91 Å². The highest BCUT2D eigenvalue weighted by atomic mass is 16.2. The zero-order valence-electron chi connectivity index (χ0n) is 19.5. The van der Waals surface area contributed by atoms with Crippen LogP contribution in [0.3, 0.4) is 0 Å². The van der Waals surface area contributed by atoms with Gasteiger partial charge in [-0.3, -0.25) is 19.6 Å². The number of nitrogens with one attached hydrogen (secondary N) is 1. The third kappa shape index (κ3) is 7.78. The lowest BCUT2D eigenvalue weighted by molar-refractivity contribution is -0.131. The Morgan fingerprint density at radius 3 is 2.14 bits per heavy atom. The Kier molecular flexibility index (Phi) is 10.2. The largest absolute Gasteiger partial charge is 0.357 e. The van der Waals surface area contributed by atoms with Crippen LogP contribution >= 0.6 is 0 Å². The van der Waals surface area contributed by atoms with Gasteiger partial charge in [0.25, 0.3) is 0 Å². The molecule has 29 heavy (non-hydrogen) atoms. The number of carbonyl (C=O) groups is 1. The van der Waals surface area contributed by atoms with Crippen LogP contribution in [0.15, 0.2) is 4.99 Å². The van der Waals surface area contributed by atoms with E-state index in [1.807, 2.05) is 4.90 Å². The van der Waals surface area contributed by atoms with Crippen molar-refractivity contribution in [1.29, 1.82) is 0 Å². The van der Waals surface area contributed by atoms with Gasteiger partial charge in [-0.15, -0.1) is 0 Å². The van der Waals surface area contributed by atoms with Crippen molar-refractivity contribution in [2.45, 2.75) is 66.0 Å². The molecule has 2 aliphatic heterocycles. The summed E-state index contributed by atoms with van der Waals surface area (Å²) in [7, 11) is 0. The summed E-state index contributed by atoms with van der Waals surface area (Å²) in [6, 6.07) is 1.15. The Morgan fingerprint density at radius 2 is 1.59 bits per heavy atom. The van der Waals surface area contributed by atoms with Crippen molar-refractivity contribution in [2.75, 3.05) is 65.4 Å². The zero-order valence-corrected chi connectivity index (χ0v) is 19.5. The molecule has 1 amide bonds. The number of hydrogen-bond donors (Lipinski definition) is 1. The number of rotatable bonds is 9. The number of piperazine rings is 1. The quantitative estimate of drug-likeness (QED) is 0.358. The molecule has 7 nitrogen and oxygen atoms in total. The van der Waals surface area contributed by atoms with Crippen LogP contribution in [0.2, 0.25) is 0 Å². The van der Waals surface area contributed by atoms with E-state index in [9.17, 15) is 4.79 Å². The molecule has 2 fully saturated rings. The van der Waals surface area contributed by atoms with E-state index in [2.05, 4.69) is 54.6 Å². The summed E-state index contributed by atoms with van der Waals surface area (Å²) < 4.78 is 0. The number of hydrogen-bond acceptors (Lipinski definition) is 4. The molecule has 2 heterocycles. The maximum Gasteiger partial charge on any atom is 0.236 e. The van der Waals surface area contributed by atoms with Crippen molar-refractivity contribution in [3.63, 3.8) is 0 Å². The summed E-state index contributed by atoms with van der Waals surface area (Å²) in [5.74, 6) is 1.33. The SMILES string of the molecule is CCNC(=NCCCN(C(C)C)C(C)C)N1CCN(CC(=O)N2CCCC2)CC1. The summed E-state index contributed by atoms with van der Waals surface area (Å²) in [6.45, 7) is 20.2. The van der Waals surface area contributed by atoms with E-state index in [4.69, 9.17) is 4.99 Å². The first-order valence-electron chi connectivity index (χ1n) is 11.7. The first-order valence-corrected chi connectivity index (χ1v) is 11.7. The minimum absolute atomic E-state index is 0.302. The Morgan fingerprint density at radius 1 is 0.966 bits per heavy atom. The molecule has 0 aromatic heterocycles. The molecule has 2 aliphatic rings. The van der Waals surface area contributed by atoms with Crippen LogP contribution in [0.4, 0.5) is 0 Å². The van der Waals surface area contributed by atoms with Crippen LogP contribution in [0, 0.1) is 0 Å². The molecule has 1 N–H and O–H groups in total. The zero-order chi connectivity index (χ0) is 21.2. The number of amides is 1. The maximum absolute atomic E-state index is 12.4. The van der Waals surface area contributed by atoms with Crippen LogP contribution in [0.25, 0.3) is 0 Å². The number of nitrogens with zero attached hydrogens (tertiary/aromatic N) is 5. The second-order valence-electron chi connectivity index (χ2n) is 8.87. The van der Waals surface area contributed by atoms with Gasteiger partial charge in [0.05, 0.1) is 6.54 Å². The van der Waals surface area contributed by atoms with Crippen LogP contribution in [-0.2, 0) is 4.79 Å². The van der Waals surface area contributed by atoms with E-state index in [1.165, 1.54) is 0 Å². The van der Waals surface area contributed by atoms with Crippen molar-refractivity contribution in [2.24, 2.45) is 4.99 Å². The van der Waals surface area contributed by atoms with Crippen LogP contribution < -0.4 is 5.32 Å². The number of aliphatic imine (C=N–C) groups is 1. The Labute approximate surface area is 178 Å². The van der Waals surface area contributed by atoms with Gasteiger partial charge in [0.1, 0.15) is 0 Å². The molecule has 168 valence electrons. The van der Waals surface area contributed by atoms with E-state index in [1.54, 1.807) is 0 Å². The fourth-order valence-corrected chi connectivity index (χ4v) is 4.35. The Balaban J connectivity index is 1.77. The van der Waals surface area contributed by atoms with Crippen molar-refractivity contribution >= 4 is 11.9 Å². The average Bonchev–Trinajstić information content (AvgIpc) is 3.22. The number of carbonyl (C=O) groups excluding carboxylic acids is 1. The molecule has 0 aromatic carbocycles. The predicted octanol–water partition coefficient (Wildman–Crippen LogP) is 1.70. The minimum Gasteiger partial charge on any atom is -0.357 e. The molecule has 0 saturated carbocycles. The van der Waals surface area contributed by atoms with Gasteiger partial charge in [-0.2, -0.15) is 0 Å². The molecule has 0 bridgehead atoms. The lowest BCUT2D eigenvalue weighted by atomic mass is 10.2. The normalized spacial score (nSPS) is 19.1. The van der Waals surface area contributed by atoms with E-state index < -0.39 is 0 Å². The second kappa shape index (κ2) is 12.4. The third-order valence-electron chi connectivity index (χ3n) is 5.99. The molecule has 0 aromatic rings. The topological polar surface area (TPSA) is 54.4 Å². The highest BCUT2D eigenvalue weighted by Gasteiger charge is 2.24. The van der Waals surface area contributed by atoms with Gasteiger partial charge in [-0.05, 0) is 53.9 Å². The molecule has 2 rings (SSSR count). The fourth-order valence-electron chi connectivity index (χ4n) is 4.35. The van der Waals surface area contributed by atoms with Crippen molar-refractivity contribution in [3.05, 3.63) is 0 Å². The summed E-state index contributed by atoms with van der Waals surface area (Å²) in [6.07, 6.45) is 3.40. The van der Waals surface area contributed by atoms with Gasteiger partial charge in [-0.25, -0.2) is 0 Å². The Hall–Kier alpha value is -1.34. The minimum atomic E-state index is 0.302. The fraction of sp³-hybridized carbons (Fsp3) is 0.909. The molecule has 0 atom stereocenters. The molecule has 7 heteroatoms. The number of guanidine groups is 1. The van der Waals surface area contributed by atoms with E-state index >= 15 is 0 Å². The molecular weight excluding hydrogens is 364 g/mol. The maximum atomic E-state index is 12.4. The highest BCUT2D eigenvalue weighted by molar-refractivity contribution is 5.80. The lowest BCUT2D eigenvalue weighted by Gasteiger charge is -2.36. The molecular formula is C22H44N6O. The number of likely N-dealkylation sites (tertiary alicyclic amines) is 1. The van der Waals surface area contributed by atoms with E-state index in [-0.39, 0.29) is 0 Å². The van der Waals surface area contributed by atoms with E-state index in [0.29, 0.717) is 24.5 Å². The second-order valence-corrected chi connectivity index (χ2v) is 8.87. The molecule has 0 aliphatic carbocycles. The smallest absolute Gasteiger partial charge is 0.236 e. The van der Waals surface area contributed by atoms with Gasteiger partial charge < -0.3 is 15.1 Å². The van der Waals surface area contributed by atoms with Crippen LogP contribution in [-0.4, -0.2) is 109 Å².